The predicted molar refractivity (Wildman–Crippen MR) is 21.9 cm³/mol. The van der Waals surface area contributed by atoms with E-state index in [2.05, 4.69) is 0 Å². The van der Waals surface area contributed by atoms with E-state index in [-0.39, 0.29) is 36.2 Å². The van der Waals surface area contributed by atoms with E-state index >= 15 is 0 Å². The molecule has 0 saturated heterocycles. The summed E-state index contributed by atoms with van der Waals surface area (Å²) in [5, 5.41) is 7.95. The third kappa shape index (κ3) is 8.98. The quantitative estimate of drug-likeness (QED) is 0.320. The maximum atomic E-state index is 7.95. The van der Waals surface area contributed by atoms with E-state index in [1.807, 2.05) is 0 Å². The van der Waals surface area contributed by atoms with Gasteiger partial charge in [0.2, 0.25) is 0 Å². The Hall–Kier alpha value is 1.25. The molecule has 1 nitrogen and oxygen atoms in total. The van der Waals surface area contributed by atoms with Gasteiger partial charge in [0, 0.05) is 6.61 Å². The number of halogens is 1. The van der Waals surface area contributed by atoms with E-state index in [0.717, 1.165) is 0 Å². The van der Waals surface area contributed by atoms with Gasteiger partial charge in [0.1, 0.15) is 0 Å². The minimum Gasteiger partial charge on any atom is -0.399 e. The van der Waals surface area contributed by atoms with Crippen molar-refractivity contribution in [3.8, 4) is 0 Å². The summed E-state index contributed by atoms with van der Waals surface area (Å²) in [6, 6.07) is 0. The van der Waals surface area contributed by atoms with Crippen LogP contribution in [0.1, 0.15) is 6.42 Å². The van der Waals surface area contributed by atoms with Gasteiger partial charge in [-0.05, 0) is 0 Å². The van der Waals surface area contributed by atoms with Crippen molar-refractivity contribution >= 4 is 11.6 Å². The van der Waals surface area contributed by atoms with E-state index in [1.165, 1.54) is 5.88 Å². The maximum absolute atomic E-state index is 7.95. The number of aliphatic hydroxyl groups is 1. The molecular weight excluding hydrogens is 110 g/mol. The van der Waals surface area contributed by atoms with Crippen LogP contribution in [-0.4, -0.2) is 11.7 Å². The molecule has 0 aromatic heterocycles. The zero-order valence-corrected chi connectivity index (χ0v) is 6.57. The molecule has 0 atom stereocenters. The minimum absolute atomic E-state index is 0. The molecule has 0 rings (SSSR count). The molecule has 0 aromatic rings. The molecule has 0 aliphatic rings. The van der Waals surface area contributed by atoms with Crippen LogP contribution >= 0.6 is 11.6 Å². The van der Waals surface area contributed by atoms with Crippen LogP contribution in [0, 0.1) is 5.88 Å². The third-order valence-corrected chi connectivity index (χ3v) is 0.456. The molecule has 32 valence electrons. The molecule has 0 unspecified atom stereocenters. The normalized spacial score (nSPS) is 7.00. The standard InChI is InChI=1S/C3H6ClO.Na/c4-2-1-3-5;/h2,5H,1,3H2;/q-1;+1. The summed E-state index contributed by atoms with van der Waals surface area (Å²) in [5.41, 5.74) is 0. The maximum Gasteiger partial charge on any atom is 1.00 e. The molecule has 6 heavy (non-hydrogen) atoms. The summed E-state index contributed by atoms with van der Waals surface area (Å²) in [4.78, 5) is 0. The Bertz CT molecular complexity index is 18.3. The van der Waals surface area contributed by atoms with Crippen LogP contribution in [0.15, 0.2) is 0 Å². The van der Waals surface area contributed by atoms with Crippen LogP contribution in [0.4, 0.5) is 0 Å². The summed E-state index contributed by atoms with van der Waals surface area (Å²) >= 11 is 5.02. The van der Waals surface area contributed by atoms with Crippen LogP contribution in [-0.2, 0) is 0 Å². The first-order chi connectivity index (χ1) is 2.41. The first kappa shape index (κ1) is 10.3. The Balaban J connectivity index is 0. The van der Waals surface area contributed by atoms with E-state index in [9.17, 15) is 0 Å². The summed E-state index contributed by atoms with van der Waals surface area (Å²) in [6.07, 6.45) is 0.585. The van der Waals surface area contributed by atoms with Crippen molar-refractivity contribution in [2.24, 2.45) is 0 Å². The van der Waals surface area contributed by atoms with Gasteiger partial charge in [-0.3, -0.25) is 0 Å². The van der Waals surface area contributed by atoms with Gasteiger partial charge in [-0.1, -0.05) is 0 Å². The number of hydrogen-bond donors (Lipinski definition) is 1. The average molecular weight is 117 g/mol. The predicted octanol–water partition coefficient (Wildman–Crippen LogP) is -2.23. The molecule has 0 aliphatic carbocycles. The molecule has 0 spiro atoms. The van der Waals surface area contributed by atoms with Crippen molar-refractivity contribution in [3.63, 3.8) is 0 Å². The van der Waals surface area contributed by atoms with Crippen molar-refractivity contribution in [1.82, 2.24) is 0 Å². The van der Waals surface area contributed by atoms with Gasteiger partial charge in [-0.15, -0.1) is 6.42 Å². The van der Waals surface area contributed by atoms with Gasteiger partial charge in [0.25, 0.3) is 0 Å². The van der Waals surface area contributed by atoms with E-state index < -0.39 is 0 Å². The fourth-order valence-corrected chi connectivity index (χ4v) is 0.146. The molecular formula is C3H6ClNaO. The molecule has 0 fully saturated rings. The van der Waals surface area contributed by atoms with Crippen molar-refractivity contribution in [2.75, 3.05) is 6.61 Å². The number of aliphatic hydroxyl groups excluding tert-OH is 1. The molecule has 0 radical (unpaired) electrons. The van der Waals surface area contributed by atoms with Crippen LogP contribution < -0.4 is 29.6 Å². The molecule has 1 N–H and O–H groups in total. The van der Waals surface area contributed by atoms with Gasteiger partial charge >= 0.3 is 29.6 Å². The second-order valence-electron chi connectivity index (χ2n) is 0.667. The zero-order valence-electron chi connectivity index (χ0n) is 3.82. The van der Waals surface area contributed by atoms with Crippen LogP contribution in [0.3, 0.4) is 0 Å². The molecule has 0 aromatic carbocycles. The number of hydrogen-bond acceptors (Lipinski definition) is 1. The van der Waals surface area contributed by atoms with Gasteiger partial charge in [-0.25, -0.2) is 5.88 Å². The first-order valence-corrected chi connectivity index (χ1v) is 1.88. The molecule has 0 aliphatic heterocycles. The first-order valence-electron chi connectivity index (χ1n) is 1.44. The van der Waals surface area contributed by atoms with Crippen molar-refractivity contribution < 1.29 is 34.7 Å². The van der Waals surface area contributed by atoms with Crippen LogP contribution in [0.25, 0.3) is 0 Å². The smallest absolute Gasteiger partial charge is 0.399 e. The monoisotopic (exact) mass is 116 g/mol. The van der Waals surface area contributed by atoms with E-state index in [1.54, 1.807) is 0 Å². The second kappa shape index (κ2) is 9.54. The van der Waals surface area contributed by atoms with Crippen LogP contribution in [0.5, 0.6) is 0 Å². The second-order valence-corrected chi connectivity index (χ2v) is 0.975. The Morgan fingerprint density at radius 3 is 2.17 bits per heavy atom. The van der Waals surface area contributed by atoms with Crippen molar-refractivity contribution in [2.45, 2.75) is 6.42 Å². The minimum atomic E-state index is 0. The van der Waals surface area contributed by atoms with E-state index in [4.69, 9.17) is 16.7 Å². The van der Waals surface area contributed by atoms with Gasteiger partial charge in [0.05, 0.1) is 0 Å². The fourth-order valence-electron chi connectivity index (χ4n) is 0.0488. The Labute approximate surface area is 65.0 Å². The number of rotatable bonds is 2. The van der Waals surface area contributed by atoms with Gasteiger partial charge in [-0.2, -0.15) is 0 Å². The van der Waals surface area contributed by atoms with Crippen molar-refractivity contribution in [3.05, 3.63) is 5.88 Å². The van der Waals surface area contributed by atoms with E-state index in [0.29, 0.717) is 6.42 Å². The Morgan fingerprint density at radius 1 is 1.67 bits per heavy atom. The summed E-state index contributed by atoms with van der Waals surface area (Å²) in [6.45, 7) is 0.156. The topological polar surface area (TPSA) is 20.2 Å². The average Bonchev–Trinajstić information content (AvgIpc) is 1.41. The Morgan fingerprint density at radius 2 is 2.17 bits per heavy atom. The van der Waals surface area contributed by atoms with Crippen LogP contribution in [0.2, 0.25) is 0 Å². The Kier molecular flexibility index (Phi) is 16.3. The van der Waals surface area contributed by atoms with Crippen molar-refractivity contribution in [1.29, 1.82) is 0 Å². The SMILES string of the molecule is OCC[CH-]Cl.[Na+]. The molecule has 0 amide bonds. The largest absolute Gasteiger partial charge is 1.00 e. The molecule has 0 saturated carbocycles. The summed E-state index contributed by atoms with van der Waals surface area (Å²) in [5.74, 6) is 1.40. The summed E-state index contributed by atoms with van der Waals surface area (Å²) in [7, 11) is 0. The fraction of sp³-hybridized carbons (Fsp3) is 0.667. The zero-order chi connectivity index (χ0) is 4.12. The summed E-state index contributed by atoms with van der Waals surface area (Å²) < 4.78 is 0. The molecule has 3 heteroatoms. The molecule has 0 heterocycles. The van der Waals surface area contributed by atoms with Gasteiger partial charge in [0.15, 0.2) is 0 Å². The van der Waals surface area contributed by atoms with Gasteiger partial charge < -0.3 is 16.7 Å². The third-order valence-electron chi connectivity index (χ3n) is 0.238. The molecule has 0 bridgehead atoms.